The molecule has 0 radical (unpaired) electrons. The Morgan fingerprint density at radius 3 is 2.62 bits per heavy atom. The number of β-lactam (4-membered cyclic amide) rings is 1. The second-order valence-electron chi connectivity index (χ2n) is 7.75. The summed E-state index contributed by atoms with van der Waals surface area (Å²) in [5.41, 5.74) is 2.29. The molecule has 178 valence electrons. The number of ether oxygens (including phenoxy) is 2. The molecule has 2 heterocycles. The van der Waals surface area contributed by atoms with E-state index in [4.69, 9.17) is 32.7 Å². The van der Waals surface area contributed by atoms with Crippen LogP contribution in [0.3, 0.4) is 0 Å². The smallest absolute Gasteiger partial charge is 0.355 e. The molecule has 2 amide bonds. The first kappa shape index (κ1) is 24.4. The average Bonchev–Trinajstić information content (AvgIpc) is 2.85. The van der Waals surface area contributed by atoms with Gasteiger partial charge in [0.25, 0.3) is 5.91 Å². The van der Waals surface area contributed by atoms with Crippen molar-refractivity contribution in [3.05, 3.63) is 76.0 Å². The lowest BCUT2D eigenvalue weighted by atomic mass is 10.0. The Hall–Kier alpha value is -2.68. The van der Waals surface area contributed by atoms with Crippen LogP contribution in [0, 0.1) is 0 Å². The van der Waals surface area contributed by atoms with Crippen molar-refractivity contribution in [3.8, 4) is 5.75 Å². The SMILES string of the molecule is COc1ccc(COC(=O)C2=C(CCl)CSC3C(NC(=O)Cc4ccccc4)C(=O)N23)cc1Cl. The number of rotatable bonds is 8. The number of carbonyl (C=O) groups excluding carboxylic acids is 3. The molecule has 4 rings (SSSR count). The normalized spacial score (nSPS) is 19.3. The summed E-state index contributed by atoms with van der Waals surface area (Å²) in [5.74, 6) is -0.189. The average molecular weight is 521 g/mol. The van der Waals surface area contributed by atoms with Crippen molar-refractivity contribution in [1.29, 1.82) is 0 Å². The third kappa shape index (κ3) is 5.04. The van der Waals surface area contributed by atoms with Crippen LogP contribution >= 0.6 is 35.0 Å². The van der Waals surface area contributed by atoms with Gasteiger partial charge >= 0.3 is 5.97 Å². The van der Waals surface area contributed by atoms with E-state index in [1.807, 2.05) is 30.3 Å². The molecule has 2 aromatic carbocycles. The summed E-state index contributed by atoms with van der Waals surface area (Å²) >= 11 is 13.7. The third-order valence-corrected chi connectivity index (χ3v) is 7.47. The Labute approximate surface area is 211 Å². The molecule has 2 aliphatic heterocycles. The highest BCUT2D eigenvalue weighted by atomic mass is 35.5. The summed E-state index contributed by atoms with van der Waals surface area (Å²) in [5, 5.41) is 2.81. The molecule has 2 aromatic rings. The Balaban J connectivity index is 1.42. The van der Waals surface area contributed by atoms with Gasteiger partial charge in [-0.1, -0.05) is 48.0 Å². The van der Waals surface area contributed by atoms with Crippen molar-refractivity contribution in [2.45, 2.75) is 24.4 Å². The second kappa shape index (κ2) is 10.7. The molecule has 7 nitrogen and oxygen atoms in total. The van der Waals surface area contributed by atoms with Crippen LogP contribution in [0.4, 0.5) is 0 Å². The summed E-state index contributed by atoms with van der Waals surface area (Å²) in [4.78, 5) is 39.7. The van der Waals surface area contributed by atoms with E-state index in [9.17, 15) is 14.4 Å². The van der Waals surface area contributed by atoms with E-state index >= 15 is 0 Å². The van der Waals surface area contributed by atoms with Crippen LogP contribution in [0.2, 0.25) is 5.02 Å². The van der Waals surface area contributed by atoms with Crippen molar-refractivity contribution in [2.75, 3.05) is 18.7 Å². The van der Waals surface area contributed by atoms with E-state index in [1.54, 1.807) is 18.2 Å². The van der Waals surface area contributed by atoms with Crippen LogP contribution in [0.25, 0.3) is 0 Å². The molecular formula is C24H22Cl2N2O5S. The lowest BCUT2D eigenvalue weighted by molar-refractivity contribution is -0.153. The first-order chi connectivity index (χ1) is 16.4. The fraction of sp³-hybridized carbons (Fsp3) is 0.292. The van der Waals surface area contributed by atoms with Crippen LogP contribution < -0.4 is 10.1 Å². The molecule has 0 bridgehead atoms. The number of methoxy groups -OCH3 is 1. The van der Waals surface area contributed by atoms with Gasteiger partial charge in [-0.15, -0.1) is 23.4 Å². The van der Waals surface area contributed by atoms with Crippen LogP contribution in [0.1, 0.15) is 11.1 Å². The maximum Gasteiger partial charge on any atom is 0.355 e. The predicted molar refractivity (Wildman–Crippen MR) is 131 cm³/mol. The van der Waals surface area contributed by atoms with Crippen LogP contribution in [0.5, 0.6) is 5.75 Å². The Kier molecular flexibility index (Phi) is 7.70. The Morgan fingerprint density at radius 1 is 1.18 bits per heavy atom. The van der Waals surface area contributed by atoms with Crippen LogP contribution in [-0.2, 0) is 32.1 Å². The molecular weight excluding hydrogens is 499 g/mol. The minimum absolute atomic E-state index is 0.0291. The highest BCUT2D eigenvalue weighted by molar-refractivity contribution is 8.00. The molecule has 0 saturated carbocycles. The van der Waals surface area contributed by atoms with Gasteiger partial charge in [0.15, 0.2) is 0 Å². The quantitative estimate of drug-likeness (QED) is 0.325. The summed E-state index contributed by atoms with van der Waals surface area (Å²) in [6.07, 6.45) is 0.171. The summed E-state index contributed by atoms with van der Waals surface area (Å²) < 4.78 is 10.6. The molecule has 10 heteroatoms. The summed E-state index contributed by atoms with van der Waals surface area (Å²) in [6, 6.07) is 13.6. The van der Waals surface area contributed by atoms with Gasteiger partial charge in [-0.2, -0.15) is 0 Å². The second-order valence-corrected chi connectivity index (χ2v) is 9.53. The zero-order chi connectivity index (χ0) is 24.2. The number of alkyl halides is 1. The summed E-state index contributed by atoms with van der Waals surface area (Å²) in [7, 11) is 1.51. The first-order valence-electron chi connectivity index (χ1n) is 10.5. The Bertz CT molecular complexity index is 1140. The number of hydrogen-bond acceptors (Lipinski definition) is 6. The predicted octanol–water partition coefficient (Wildman–Crippen LogP) is 3.53. The number of hydrogen-bond donors (Lipinski definition) is 1. The number of carbonyl (C=O) groups is 3. The number of halogens is 2. The van der Waals surface area contributed by atoms with Gasteiger partial charge in [0.2, 0.25) is 5.91 Å². The highest BCUT2D eigenvalue weighted by Gasteiger charge is 2.54. The van der Waals surface area contributed by atoms with Gasteiger partial charge in [-0.05, 0) is 28.8 Å². The molecule has 0 aliphatic carbocycles. The number of nitrogens with one attached hydrogen (secondary N) is 1. The minimum Gasteiger partial charge on any atom is -0.495 e. The number of fused-ring (bicyclic) bond motifs is 1. The maximum atomic E-state index is 13.0. The number of thioether (sulfide) groups is 1. The van der Waals surface area contributed by atoms with Crippen molar-refractivity contribution >= 4 is 52.7 Å². The van der Waals surface area contributed by atoms with E-state index in [-0.39, 0.29) is 36.4 Å². The van der Waals surface area contributed by atoms with Crippen molar-refractivity contribution in [2.24, 2.45) is 0 Å². The van der Waals surface area contributed by atoms with E-state index in [1.165, 1.54) is 23.8 Å². The van der Waals surface area contributed by atoms with Gasteiger partial charge in [0.05, 0.1) is 18.6 Å². The zero-order valence-electron chi connectivity index (χ0n) is 18.3. The fourth-order valence-electron chi connectivity index (χ4n) is 3.80. The van der Waals surface area contributed by atoms with E-state index < -0.39 is 17.4 Å². The zero-order valence-corrected chi connectivity index (χ0v) is 20.6. The number of esters is 1. The molecule has 1 N–H and O–H groups in total. The van der Waals surface area contributed by atoms with Gasteiger partial charge in [-0.3, -0.25) is 14.5 Å². The van der Waals surface area contributed by atoms with Crippen molar-refractivity contribution in [1.82, 2.24) is 10.2 Å². The van der Waals surface area contributed by atoms with E-state index in [0.717, 1.165) is 5.56 Å². The standard InChI is InChI=1S/C24H22Cl2N2O5S/c1-32-18-8-7-15(9-17(18)26)12-33-24(31)21-16(11-25)13-34-23-20(22(30)28(21)23)27-19(29)10-14-5-3-2-4-6-14/h2-9,20,23H,10-13H2,1H3,(H,27,29). The molecule has 2 aliphatic rings. The number of nitrogens with zero attached hydrogens (tertiary/aromatic N) is 1. The Morgan fingerprint density at radius 2 is 1.94 bits per heavy atom. The molecule has 0 spiro atoms. The molecule has 1 fully saturated rings. The molecule has 2 unspecified atom stereocenters. The van der Waals surface area contributed by atoms with Crippen molar-refractivity contribution in [3.63, 3.8) is 0 Å². The molecule has 1 saturated heterocycles. The minimum atomic E-state index is -0.707. The fourth-order valence-corrected chi connectivity index (χ4v) is 5.76. The first-order valence-corrected chi connectivity index (χ1v) is 12.4. The summed E-state index contributed by atoms with van der Waals surface area (Å²) in [6.45, 7) is -0.0291. The van der Waals surface area contributed by atoms with E-state index in [0.29, 0.717) is 27.7 Å². The number of benzene rings is 2. The highest BCUT2D eigenvalue weighted by Crippen LogP contribution is 2.41. The van der Waals surface area contributed by atoms with Crippen LogP contribution in [0.15, 0.2) is 59.8 Å². The monoisotopic (exact) mass is 520 g/mol. The molecule has 0 aromatic heterocycles. The molecule has 2 atom stereocenters. The lowest BCUT2D eigenvalue weighted by Crippen LogP contribution is -2.70. The maximum absolute atomic E-state index is 13.0. The number of amides is 2. The van der Waals surface area contributed by atoms with Gasteiger partial charge < -0.3 is 14.8 Å². The van der Waals surface area contributed by atoms with Gasteiger partial charge in [0, 0.05) is 11.6 Å². The molecule has 34 heavy (non-hydrogen) atoms. The van der Waals surface area contributed by atoms with E-state index in [2.05, 4.69) is 5.32 Å². The topological polar surface area (TPSA) is 84.9 Å². The largest absolute Gasteiger partial charge is 0.495 e. The van der Waals surface area contributed by atoms with Gasteiger partial charge in [0.1, 0.15) is 29.5 Å². The third-order valence-electron chi connectivity index (χ3n) is 5.51. The van der Waals surface area contributed by atoms with Crippen LogP contribution in [-0.4, -0.2) is 52.8 Å². The van der Waals surface area contributed by atoms with Crippen molar-refractivity contribution < 1.29 is 23.9 Å². The van der Waals surface area contributed by atoms with Gasteiger partial charge in [-0.25, -0.2) is 4.79 Å². The lowest BCUT2D eigenvalue weighted by Gasteiger charge is -2.49.